The van der Waals surface area contributed by atoms with Crippen LogP contribution in [0.1, 0.15) is 60.4 Å². The van der Waals surface area contributed by atoms with Gasteiger partial charge in [-0.3, -0.25) is 4.79 Å². The summed E-state index contributed by atoms with van der Waals surface area (Å²) in [7, 11) is -1.31. The highest BCUT2D eigenvalue weighted by Crippen LogP contribution is 2.43. The third-order valence-corrected chi connectivity index (χ3v) is 8.32. The van der Waals surface area contributed by atoms with Crippen molar-refractivity contribution in [2.75, 3.05) is 13.4 Å². The molecule has 0 bridgehead atoms. The molecule has 8 nitrogen and oxygen atoms in total. The number of rotatable bonds is 7. The number of nitrogens with zero attached hydrogens (tertiary/aromatic N) is 2. The van der Waals surface area contributed by atoms with Gasteiger partial charge >= 0.3 is 0 Å². The first kappa shape index (κ1) is 25.4. The Balaban J connectivity index is 1.49. The van der Waals surface area contributed by atoms with Gasteiger partial charge in [0.25, 0.3) is 5.91 Å². The Kier molecular flexibility index (Phi) is 7.02. The fourth-order valence-corrected chi connectivity index (χ4v) is 6.13. The van der Waals surface area contributed by atoms with E-state index in [1.54, 1.807) is 6.07 Å². The third-order valence-electron chi connectivity index (χ3n) is 6.46. The summed E-state index contributed by atoms with van der Waals surface area (Å²) in [6.45, 7) is 6.68. The van der Waals surface area contributed by atoms with Gasteiger partial charge in [-0.2, -0.15) is 0 Å². The van der Waals surface area contributed by atoms with Crippen molar-refractivity contribution in [3.8, 4) is 22.8 Å². The number of aromatic nitrogens is 1. The highest BCUT2D eigenvalue weighted by Gasteiger charge is 2.40. The number of carbonyl (C=O) groups is 1. The summed E-state index contributed by atoms with van der Waals surface area (Å²) in [6.07, 6.45) is 0.423. The second-order valence-electron chi connectivity index (χ2n) is 10.1. The predicted octanol–water partition coefficient (Wildman–Crippen LogP) is 4.11. The number of ether oxygens (including phenoxy) is 2. The van der Waals surface area contributed by atoms with Crippen molar-refractivity contribution in [1.29, 1.82) is 0 Å². The summed E-state index contributed by atoms with van der Waals surface area (Å²) in [6, 6.07) is 16.8. The molecular formula is C28H31N3O5S. The number of aliphatic hydroxyl groups excluding tert-OH is 1. The first-order valence-electron chi connectivity index (χ1n) is 12.3. The number of hydrogen-bond acceptors (Lipinski definition) is 6. The zero-order valence-corrected chi connectivity index (χ0v) is 22.0. The van der Waals surface area contributed by atoms with E-state index in [0.717, 1.165) is 22.3 Å². The molecule has 3 heterocycles. The molecule has 37 heavy (non-hydrogen) atoms. The monoisotopic (exact) mass is 521 g/mol. The van der Waals surface area contributed by atoms with Gasteiger partial charge in [0.2, 0.25) is 6.79 Å². The zero-order valence-electron chi connectivity index (χ0n) is 21.2. The van der Waals surface area contributed by atoms with Crippen molar-refractivity contribution in [3.05, 3.63) is 77.0 Å². The first-order valence-corrected chi connectivity index (χ1v) is 13.4. The Hall–Kier alpha value is -3.27. The molecule has 0 saturated heterocycles. The van der Waals surface area contributed by atoms with Crippen molar-refractivity contribution in [1.82, 2.24) is 14.6 Å². The van der Waals surface area contributed by atoms with E-state index in [-0.39, 0.29) is 25.3 Å². The lowest BCUT2D eigenvalue weighted by Gasteiger charge is -2.30. The van der Waals surface area contributed by atoms with E-state index in [1.807, 2.05) is 73.6 Å². The number of carbonyl (C=O) groups excluding carboxylic acids is 1. The van der Waals surface area contributed by atoms with Crippen molar-refractivity contribution in [3.63, 3.8) is 0 Å². The lowest BCUT2D eigenvalue weighted by atomic mass is 9.96. The number of amides is 1. The number of aliphatic hydroxyl groups is 1. The highest BCUT2D eigenvalue weighted by atomic mass is 32.2. The normalized spacial score (nSPS) is 17.5. The Bertz CT molecular complexity index is 1340. The topological polar surface area (TPSA) is 101 Å². The van der Waals surface area contributed by atoms with Gasteiger partial charge < -0.3 is 19.9 Å². The van der Waals surface area contributed by atoms with Crippen LogP contribution in [0.4, 0.5) is 0 Å². The Morgan fingerprint density at radius 2 is 1.89 bits per heavy atom. The molecule has 0 aliphatic carbocycles. The summed E-state index contributed by atoms with van der Waals surface area (Å²) >= 11 is 0. The minimum Gasteiger partial charge on any atom is -0.454 e. The second-order valence-corrected chi connectivity index (χ2v) is 12.3. The molecule has 2 N–H and O–H groups in total. The van der Waals surface area contributed by atoms with Gasteiger partial charge in [0.05, 0.1) is 16.5 Å². The lowest BCUT2D eigenvalue weighted by Crippen LogP contribution is -2.36. The summed E-state index contributed by atoms with van der Waals surface area (Å²) in [5.74, 6) is 1.06. The Morgan fingerprint density at radius 1 is 1.14 bits per heavy atom. The molecule has 3 aromatic rings. The fourth-order valence-electron chi connectivity index (χ4n) is 4.73. The largest absolute Gasteiger partial charge is 0.454 e. The molecule has 0 radical (unpaired) electrons. The van der Waals surface area contributed by atoms with E-state index in [0.29, 0.717) is 42.4 Å². The molecule has 0 saturated carbocycles. The van der Waals surface area contributed by atoms with Crippen LogP contribution >= 0.6 is 0 Å². The van der Waals surface area contributed by atoms with Crippen LogP contribution in [0.25, 0.3) is 11.3 Å². The maximum absolute atomic E-state index is 13.5. The van der Waals surface area contributed by atoms with Crippen LogP contribution in [0, 0.1) is 0 Å². The maximum atomic E-state index is 13.5. The van der Waals surface area contributed by atoms with Crippen molar-refractivity contribution >= 4 is 16.9 Å². The Labute approximate surface area is 219 Å². The third kappa shape index (κ3) is 5.12. The van der Waals surface area contributed by atoms with Gasteiger partial charge in [-0.15, -0.1) is 0 Å². The standard InChI is InChI=1S/C28H31N3O5S/c1-28(2,3)37(34)31-16-20-14-21(27(33)29-15-18-9-10-23-24(13-18)36-17-35-23)30-26(19-7-5-4-6-8-19)25(20)22(31)11-12-32/h4-10,13-14,22,32H,11-12,15-17H2,1-3H3,(H,29,33)/t22?,37-/m1/s1. The van der Waals surface area contributed by atoms with Crippen molar-refractivity contribution in [2.45, 2.75) is 51.1 Å². The maximum Gasteiger partial charge on any atom is 0.270 e. The minimum atomic E-state index is -1.31. The second kappa shape index (κ2) is 10.2. The molecule has 0 spiro atoms. The molecule has 0 fully saturated rings. The number of pyridine rings is 1. The Morgan fingerprint density at radius 3 is 2.62 bits per heavy atom. The molecular weight excluding hydrogens is 490 g/mol. The molecule has 1 amide bonds. The fraction of sp³-hybridized carbons (Fsp3) is 0.357. The predicted molar refractivity (Wildman–Crippen MR) is 141 cm³/mol. The summed E-state index contributed by atoms with van der Waals surface area (Å²) < 4.78 is 25.7. The van der Waals surface area contributed by atoms with Crippen LogP contribution in [-0.2, 0) is 24.1 Å². The van der Waals surface area contributed by atoms with Crippen molar-refractivity contribution < 1.29 is 23.6 Å². The van der Waals surface area contributed by atoms with Gasteiger partial charge in [-0.05, 0) is 56.5 Å². The van der Waals surface area contributed by atoms with Crippen LogP contribution in [0.2, 0.25) is 0 Å². The van der Waals surface area contributed by atoms with E-state index >= 15 is 0 Å². The summed E-state index contributed by atoms with van der Waals surface area (Å²) in [5.41, 5.74) is 4.55. The van der Waals surface area contributed by atoms with Crippen LogP contribution in [0.15, 0.2) is 54.6 Å². The molecule has 2 aromatic carbocycles. The van der Waals surface area contributed by atoms with E-state index in [2.05, 4.69) is 5.32 Å². The quantitative estimate of drug-likeness (QED) is 0.485. The van der Waals surface area contributed by atoms with Crippen LogP contribution < -0.4 is 14.8 Å². The molecule has 9 heteroatoms. The summed E-state index contributed by atoms with van der Waals surface area (Å²) in [4.78, 5) is 18.1. The lowest BCUT2D eigenvalue weighted by molar-refractivity contribution is 0.0946. The highest BCUT2D eigenvalue weighted by molar-refractivity contribution is 7.84. The van der Waals surface area contributed by atoms with Crippen LogP contribution in [-0.4, -0.2) is 42.7 Å². The molecule has 2 aliphatic rings. The molecule has 2 aliphatic heterocycles. The average Bonchev–Trinajstić information content (AvgIpc) is 3.50. The zero-order chi connectivity index (χ0) is 26.2. The SMILES string of the molecule is CC(C)(C)[S@@](=O)N1Cc2cc(C(=O)NCc3ccc4c(c3)OCO4)nc(-c3ccccc3)c2C1CCO. The van der Waals surface area contributed by atoms with Gasteiger partial charge in [-0.25, -0.2) is 13.5 Å². The molecule has 1 aromatic heterocycles. The number of fused-ring (bicyclic) bond motifs is 2. The number of hydrogen-bond donors (Lipinski definition) is 2. The van der Waals surface area contributed by atoms with Crippen molar-refractivity contribution in [2.24, 2.45) is 0 Å². The van der Waals surface area contributed by atoms with Crippen LogP contribution in [0.3, 0.4) is 0 Å². The smallest absolute Gasteiger partial charge is 0.270 e. The van der Waals surface area contributed by atoms with Gasteiger partial charge in [0.1, 0.15) is 16.7 Å². The van der Waals surface area contributed by atoms with E-state index in [9.17, 15) is 14.1 Å². The summed E-state index contributed by atoms with van der Waals surface area (Å²) in [5, 5.41) is 12.8. The van der Waals surface area contributed by atoms with E-state index in [1.165, 1.54) is 0 Å². The minimum absolute atomic E-state index is 0.0477. The molecule has 5 rings (SSSR count). The molecule has 2 atom stereocenters. The van der Waals surface area contributed by atoms with E-state index < -0.39 is 15.7 Å². The number of nitrogens with one attached hydrogen (secondary N) is 1. The first-order chi connectivity index (χ1) is 17.8. The molecule has 194 valence electrons. The number of benzene rings is 2. The average molecular weight is 522 g/mol. The van der Waals surface area contributed by atoms with Crippen LogP contribution in [0.5, 0.6) is 11.5 Å². The van der Waals surface area contributed by atoms with E-state index in [4.69, 9.17) is 14.5 Å². The molecule has 1 unspecified atom stereocenters. The van der Waals surface area contributed by atoms with Gasteiger partial charge in [0.15, 0.2) is 11.5 Å². The van der Waals surface area contributed by atoms with Gasteiger partial charge in [-0.1, -0.05) is 36.4 Å². The van der Waals surface area contributed by atoms with Gasteiger partial charge in [0, 0.05) is 30.8 Å².